The van der Waals surface area contributed by atoms with Crippen LogP contribution in [0.4, 0.5) is 0 Å². The largest absolute Gasteiger partial charge is 0.497 e. The third-order valence-electron chi connectivity index (χ3n) is 4.93. The highest BCUT2D eigenvalue weighted by molar-refractivity contribution is 7.99. The molecule has 0 aliphatic carbocycles. The van der Waals surface area contributed by atoms with E-state index in [0.717, 1.165) is 48.1 Å². The number of aromatic nitrogens is 3. The summed E-state index contributed by atoms with van der Waals surface area (Å²) in [6.07, 6.45) is 4.49. The monoisotopic (exact) mass is 374 g/mol. The average molecular weight is 375 g/mol. The SMILES string of the molecule is CCC1CCCCN1C(=O)CSc1nnc(-c2ccc(OC)cc2)n1C. The minimum Gasteiger partial charge on any atom is -0.497 e. The minimum absolute atomic E-state index is 0.204. The predicted octanol–water partition coefficient (Wildman–Crippen LogP) is 3.37. The quantitative estimate of drug-likeness (QED) is 0.726. The molecule has 2 aromatic rings. The summed E-state index contributed by atoms with van der Waals surface area (Å²) in [6, 6.07) is 8.12. The molecule has 1 amide bonds. The number of ether oxygens (including phenoxy) is 1. The first-order valence-corrected chi connectivity index (χ1v) is 10.1. The highest BCUT2D eigenvalue weighted by Gasteiger charge is 2.25. The lowest BCUT2D eigenvalue weighted by molar-refractivity contribution is -0.132. The van der Waals surface area contributed by atoms with E-state index in [1.165, 1.54) is 18.2 Å². The number of piperidine rings is 1. The van der Waals surface area contributed by atoms with E-state index in [1.54, 1.807) is 7.11 Å². The van der Waals surface area contributed by atoms with E-state index in [9.17, 15) is 4.79 Å². The Balaban J connectivity index is 1.65. The van der Waals surface area contributed by atoms with Crippen LogP contribution in [-0.2, 0) is 11.8 Å². The van der Waals surface area contributed by atoms with E-state index in [-0.39, 0.29) is 5.91 Å². The molecule has 6 nitrogen and oxygen atoms in total. The number of nitrogens with zero attached hydrogens (tertiary/aromatic N) is 4. The Morgan fingerprint density at radius 3 is 2.73 bits per heavy atom. The lowest BCUT2D eigenvalue weighted by Crippen LogP contribution is -2.44. The summed E-state index contributed by atoms with van der Waals surface area (Å²) in [6.45, 7) is 3.04. The molecule has 1 fully saturated rings. The van der Waals surface area contributed by atoms with Gasteiger partial charge in [-0.25, -0.2) is 0 Å². The summed E-state index contributed by atoms with van der Waals surface area (Å²) in [5, 5.41) is 9.31. The number of thioether (sulfide) groups is 1. The molecule has 0 bridgehead atoms. The van der Waals surface area contributed by atoms with Gasteiger partial charge < -0.3 is 14.2 Å². The number of rotatable bonds is 6. The van der Waals surface area contributed by atoms with Gasteiger partial charge in [0.15, 0.2) is 11.0 Å². The second-order valence-corrected chi connectivity index (χ2v) is 7.47. The Kier molecular flexibility index (Phi) is 6.19. The first-order chi connectivity index (χ1) is 12.6. The summed E-state index contributed by atoms with van der Waals surface area (Å²) in [5.41, 5.74) is 0.973. The number of benzene rings is 1. The summed E-state index contributed by atoms with van der Waals surface area (Å²) >= 11 is 1.46. The standard InChI is InChI=1S/C19H26N4O2S/c1-4-15-7-5-6-12-23(15)17(24)13-26-19-21-20-18(22(19)2)14-8-10-16(25-3)11-9-14/h8-11,15H,4-7,12-13H2,1-3H3. The van der Waals surface area contributed by atoms with Crippen molar-refractivity contribution in [1.29, 1.82) is 0 Å². The molecule has 1 aromatic carbocycles. The van der Waals surface area contributed by atoms with Gasteiger partial charge in [-0.05, 0) is 49.9 Å². The molecule has 0 saturated carbocycles. The first-order valence-electron chi connectivity index (χ1n) is 9.10. The Bertz CT molecular complexity index is 744. The molecule has 1 saturated heterocycles. The van der Waals surface area contributed by atoms with Gasteiger partial charge in [0.05, 0.1) is 12.9 Å². The van der Waals surface area contributed by atoms with Crippen LogP contribution in [-0.4, -0.2) is 51.0 Å². The molecule has 1 atom stereocenters. The lowest BCUT2D eigenvalue weighted by Gasteiger charge is -2.35. The molecule has 140 valence electrons. The first kappa shape index (κ1) is 18.8. The van der Waals surface area contributed by atoms with Crippen LogP contribution in [0.1, 0.15) is 32.6 Å². The van der Waals surface area contributed by atoms with Crippen LogP contribution >= 0.6 is 11.8 Å². The molecular formula is C19H26N4O2S. The summed E-state index contributed by atoms with van der Waals surface area (Å²) in [4.78, 5) is 14.7. The maximum atomic E-state index is 12.6. The third kappa shape index (κ3) is 4.03. The van der Waals surface area contributed by atoms with Crippen LogP contribution in [0.2, 0.25) is 0 Å². The molecule has 1 aliphatic heterocycles. The van der Waals surface area contributed by atoms with Crippen molar-refractivity contribution in [3.05, 3.63) is 24.3 Å². The zero-order chi connectivity index (χ0) is 18.5. The third-order valence-corrected chi connectivity index (χ3v) is 5.93. The van der Waals surface area contributed by atoms with Crippen molar-refractivity contribution >= 4 is 17.7 Å². The van der Waals surface area contributed by atoms with Crippen molar-refractivity contribution in [2.45, 2.75) is 43.8 Å². The molecule has 1 aromatic heterocycles. The second-order valence-electron chi connectivity index (χ2n) is 6.53. The number of methoxy groups -OCH3 is 1. The van der Waals surface area contributed by atoms with Gasteiger partial charge in [0, 0.05) is 25.2 Å². The molecule has 0 spiro atoms. The van der Waals surface area contributed by atoms with Crippen molar-refractivity contribution in [1.82, 2.24) is 19.7 Å². The zero-order valence-electron chi connectivity index (χ0n) is 15.6. The average Bonchev–Trinajstić information content (AvgIpc) is 3.06. The normalized spacial score (nSPS) is 17.3. The van der Waals surface area contributed by atoms with Gasteiger partial charge in [-0.1, -0.05) is 18.7 Å². The van der Waals surface area contributed by atoms with E-state index < -0.39 is 0 Å². The Hall–Kier alpha value is -2.02. The van der Waals surface area contributed by atoms with Crippen LogP contribution in [0, 0.1) is 0 Å². The Morgan fingerprint density at radius 2 is 2.04 bits per heavy atom. The van der Waals surface area contributed by atoms with Crippen molar-refractivity contribution in [3.63, 3.8) is 0 Å². The second kappa shape index (κ2) is 8.58. The fourth-order valence-corrected chi connectivity index (χ4v) is 4.19. The maximum absolute atomic E-state index is 12.6. The van der Waals surface area contributed by atoms with Crippen molar-refractivity contribution in [3.8, 4) is 17.1 Å². The van der Waals surface area contributed by atoms with E-state index in [2.05, 4.69) is 22.0 Å². The topological polar surface area (TPSA) is 60.3 Å². The van der Waals surface area contributed by atoms with Crippen LogP contribution in [0.5, 0.6) is 5.75 Å². The summed E-state index contributed by atoms with van der Waals surface area (Å²) < 4.78 is 7.13. The van der Waals surface area contributed by atoms with Crippen LogP contribution < -0.4 is 4.74 Å². The van der Waals surface area contributed by atoms with Gasteiger partial charge >= 0.3 is 0 Å². The van der Waals surface area contributed by atoms with Crippen molar-refractivity contribution in [2.75, 3.05) is 19.4 Å². The minimum atomic E-state index is 0.204. The fraction of sp³-hybridized carbons (Fsp3) is 0.526. The van der Waals surface area contributed by atoms with Gasteiger partial charge in [0.1, 0.15) is 5.75 Å². The number of amides is 1. The van der Waals surface area contributed by atoms with Gasteiger partial charge in [-0.15, -0.1) is 10.2 Å². The smallest absolute Gasteiger partial charge is 0.233 e. The molecule has 7 heteroatoms. The van der Waals surface area contributed by atoms with E-state index >= 15 is 0 Å². The van der Waals surface area contributed by atoms with Gasteiger partial charge in [0.2, 0.25) is 5.91 Å². The van der Waals surface area contributed by atoms with Crippen LogP contribution in [0.25, 0.3) is 11.4 Å². The number of carbonyl (C=O) groups excluding carboxylic acids is 1. The maximum Gasteiger partial charge on any atom is 0.233 e. The van der Waals surface area contributed by atoms with E-state index in [1.807, 2.05) is 35.9 Å². The molecule has 1 unspecified atom stereocenters. The van der Waals surface area contributed by atoms with Gasteiger partial charge in [-0.3, -0.25) is 4.79 Å². The Morgan fingerprint density at radius 1 is 1.27 bits per heavy atom. The Labute approximate surface area is 158 Å². The van der Waals surface area contributed by atoms with Crippen LogP contribution in [0.3, 0.4) is 0 Å². The van der Waals surface area contributed by atoms with E-state index in [0.29, 0.717) is 11.8 Å². The zero-order valence-corrected chi connectivity index (χ0v) is 16.5. The highest BCUT2D eigenvalue weighted by atomic mass is 32.2. The molecule has 0 radical (unpaired) electrons. The van der Waals surface area contributed by atoms with Crippen molar-refractivity contribution in [2.24, 2.45) is 7.05 Å². The van der Waals surface area contributed by atoms with Crippen LogP contribution in [0.15, 0.2) is 29.4 Å². The predicted molar refractivity (Wildman–Crippen MR) is 103 cm³/mol. The molecule has 2 heterocycles. The molecular weight excluding hydrogens is 348 g/mol. The molecule has 26 heavy (non-hydrogen) atoms. The number of hydrogen-bond donors (Lipinski definition) is 0. The van der Waals surface area contributed by atoms with E-state index in [4.69, 9.17) is 4.74 Å². The molecule has 0 N–H and O–H groups in total. The number of carbonyl (C=O) groups is 1. The van der Waals surface area contributed by atoms with Crippen molar-refractivity contribution < 1.29 is 9.53 Å². The van der Waals surface area contributed by atoms with Gasteiger partial charge in [-0.2, -0.15) is 0 Å². The summed E-state index contributed by atoms with van der Waals surface area (Å²) in [5.74, 6) is 2.20. The number of likely N-dealkylation sites (tertiary alicyclic amines) is 1. The van der Waals surface area contributed by atoms with Gasteiger partial charge in [0.25, 0.3) is 0 Å². The summed E-state index contributed by atoms with van der Waals surface area (Å²) in [7, 11) is 3.58. The number of hydrogen-bond acceptors (Lipinski definition) is 5. The fourth-order valence-electron chi connectivity index (χ4n) is 3.39. The molecule has 3 rings (SSSR count). The highest BCUT2D eigenvalue weighted by Crippen LogP contribution is 2.26. The molecule has 1 aliphatic rings. The lowest BCUT2D eigenvalue weighted by atomic mass is 10.0.